The number of hydrogen-bond donors (Lipinski definition) is 1. The molecule has 0 aliphatic carbocycles. The summed E-state index contributed by atoms with van der Waals surface area (Å²) in [5.74, 6) is 0. The maximum Gasteiger partial charge on any atom is 0.332 e. The maximum absolute atomic E-state index is 12.1. The molecule has 0 atom stereocenters. The van der Waals surface area contributed by atoms with Crippen molar-refractivity contribution in [2.24, 2.45) is 7.05 Å². The van der Waals surface area contributed by atoms with Crippen molar-refractivity contribution in [2.75, 3.05) is 6.61 Å². The summed E-state index contributed by atoms with van der Waals surface area (Å²) in [5.41, 5.74) is 2.37. The minimum Gasteiger partial charge on any atom is -0.395 e. The summed E-state index contributed by atoms with van der Waals surface area (Å²) in [6, 6.07) is 7.76. The van der Waals surface area contributed by atoms with Crippen molar-refractivity contribution in [2.45, 2.75) is 26.2 Å². The second-order valence-corrected chi connectivity index (χ2v) is 5.59. The molecule has 1 heterocycles. The molecule has 4 nitrogen and oxygen atoms in total. The number of nitrogens with zero attached hydrogens (tertiary/aromatic N) is 2. The number of benzene rings is 1. The second kappa shape index (κ2) is 4.70. The molecule has 1 N–H and O–H groups in total. The molecule has 2 rings (SSSR count). The third-order valence-corrected chi connectivity index (χ3v) is 3.51. The quantitative estimate of drug-likeness (QED) is 0.914. The number of aryl methyl sites for hydroxylation is 2. The molecule has 0 amide bonds. The van der Waals surface area contributed by atoms with E-state index in [1.807, 2.05) is 51.2 Å². The first-order chi connectivity index (χ1) is 8.86. The van der Waals surface area contributed by atoms with E-state index in [9.17, 15) is 9.90 Å². The van der Waals surface area contributed by atoms with E-state index in [4.69, 9.17) is 0 Å². The molecule has 0 unspecified atom stereocenters. The van der Waals surface area contributed by atoms with Gasteiger partial charge in [-0.3, -0.25) is 4.57 Å². The predicted octanol–water partition coefficient (Wildman–Crippen LogP) is 1.75. The molecule has 0 saturated carbocycles. The Morgan fingerprint density at radius 1 is 1.32 bits per heavy atom. The van der Waals surface area contributed by atoms with Crippen LogP contribution < -0.4 is 5.69 Å². The first kappa shape index (κ1) is 13.6. The van der Waals surface area contributed by atoms with Gasteiger partial charge in [-0.1, -0.05) is 26.0 Å². The van der Waals surface area contributed by atoms with Gasteiger partial charge in [0, 0.05) is 24.4 Å². The molecular weight excluding hydrogens is 240 g/mol. The van der Waals surface area contributed by atoms with Crippen molar-refractivity contribution < 1.29 is 5.11 Å². The Balaban J connectivity index is 2.59. The first-order valence-corrected chi connectivity index (χ1v) is 6.33. The molecule has 4 heteroatoms. The second-order valence-electron chi connectivity index (χ2n) is 5.59. The molecule has 1 aromatic heterocycles. The molecule has 19 heavy (non-hydrogen) atoms. The number of aliphatic hydroxyl groups is 1. The monoisotopic (exact) mass is 260 g/mol. The molecular formula is C15H20N2O2. The van der Waals surface area contributed by atoms with Crippen LogP contribution in [0, 0.1) is 6.92 Å². The molecule has 0 aliphatic rings. The van der Waals surface area contributed by atoms with E-state index in [-0.39, 0.29) is 17.7 Å². The number of rotatable bonds is 3. The van der Waals surface area contributed by atoms with Crippen molar-refractivity contribution >= 4 is 0 Å². The van der Waals surface area contributed by atoms with E-state index in [0.29, 0.717) is 0 Å². The van der Waals surface area contributed by atoms with Crippen molar-refractivity contribution in [1.82, 2.24) is 9.13 Å². The zero-order valence-electron chi connectivity index (χ0n) is 11.8. The van der Waals surface area contributed by atoms with E-state index in [1.165, 1.54) is 0 Å². The van der Waals surface area contributed by atoms with Crippen LogP contribution in [0.5, 0.6) is 0 Å². The maximum atomic E-state index is 12.1. The van der Waals surface area contributed by atoms with Gasteiger partial charge in [-0.15, -0.1) is 0 Å². The molecule has 102 valence electrons. The van der Waals surface area contributed by atoms with Gasteiger partial charge in [0.15, 0.2) is 0 Å². The van der Waals surface area contributed by atoms with E-state index in [0.717, 1.165) is 16.9 Å². The lowest BCUT2D eigenvalue weighted by Crippen LogP contribution is -2.24. The average Bonchev–Trinajstić information content (AvgIpc) is 2.63. The summed E-state index contributed by atoms with van der Waals surface area (Å²) >= 11 is 0. The standard InChI is InChI=1S/C15H20N2O2/c1-11-9-16(4)14(19)17(11)13-7-5-6-12(8-13)15(2,3)10-18/h5-9,18H,10H2,1-4H3. The van der Waals surface area contributed by atoms with Crippen molar-refractivity contribution in [3.8, 4) is 5.69 Å². The number of hydrogen-bond acceptors (Lipinski definition) is 2. The highest BCUT2D eigenvalue weighted by Gasteiger charge is 2.20. The SMILES string of the molecule is Cc1cn(C)c(=O)n1-c1cccc(C(C)(C)CO)c1. The van der Waals surface area contributed by atoms with Gasteiger partial charge in [-0.2, -0.15) is 0 Å². The zero-order valence-corrected chi connectivity index (χ0v) is 11.8. The highest BCUT2D eigenvalue weighted by atomic mass is 16.3. The smallest absolute Gasteiger partial charge is 0.332 e. The largest absolute Gasteiger partial charge is 0.395 e. The molecule has 1 aromatic carbocycles. The van der Waals surface area contributed by atoms with Crippen LogP contribution in [-0.4, -0.2) is 20.8 Å². The number of aliphatic hydroxyl groups excluding tert-OH is 1. The van der Waals surface area contributed by atoms with Crippen molar-refractivity contribution in [1.29, 1.82) is 0 Å². The minimum atomic E-state index is -0.317. The lowest BCUT2D eigenvalue weighted by molar-refractivity contribution is 0.218. The molecule has 0 bridgehead atoms. The van der Waals surface area contributed by atoms with Gasteiger partial charge in [0.1, 0.15) is 0 Å². The Morgan fingerprint density at radius 3 is 2.53 bits per heavy atom. The first-order valence-electron chi connectivity index (χ1n) is 6.33. The zero-order chi connectivity index (χ0) is 14.2. The normalized spacial score (nSPS) is 11.8. The van der Waals surface area contributed by atoms with Crippen LogP contribution in [0.3, 0.4) is 0 Å². The summed E-state index contributed by atoms with van der Waals surface area (Å²) in [5, 5.41) is 9.45. The summed E-state index contributed by atoms with van der Waals surface area (Å²) in [7, 11) is 1.74. The molecule has 0 saturated heterocycles. The van der Waals surface area contributed by atoms with Crippen LogP contribution in [0.25, 0.3) is 5.69 Å². The Hall–Kier alpha value is -1.81. The predicted molar refractivity (Wildman–Crippen MR) is 75.9 cm³/mol. The number of aromatic nitrogens is 2. The van der Waals surface area contributed by atoms with Gasteiger partial charge in [-0.05, 0) is 24.6 Å². The van der Waals surface area contributed by atoms with Crippen molar-refractivity contribution in [3.05, 3.63) is 52.2 Å². The van der Waals surface area contributed by atoms with E-state index < -0.39 is 0 Å². The molecule has 0 fully saturated rings. The van der Waals surface area contributed by atoms with Crippen LogP contribution in [0.2, 0.25) is 0 Å². The molecule has 0 aliphatic heterocycles. The third-order valence-electron chi connectivity index (χ3n) is 3.51. The van der Waals surface area contributed by atoms with Crippen LogP contribution in [0.4, 0.5) is 0 Å². The Bertz CT molecular complexity index is 650. The highest BCUT2D eigenvalue weighted by Crippen LogP contribution is 2.24. The fourth-order valence-corrected chi connectivity index (χ4v) is 2.17. The van der Waals surface area contributed by atoms with Crippen LogP contribution in [0.15, 0.2) is 35.3 Å². The van der Waals surface area contributed by atoms with Crippen molar-refractivity contribution in [3.63, 3.8) is 0 Å². The number of imidazole rings is 1. The highest BCUT2D eigenvalue weighted by molar-refractivity contribution is 5.40. The van der Waals surface area contributed by atoms with Crippen LogP contribution >= 0.6 is 0 Å². The Morgan fingerprint density at radius 2 is 2.00 bits per heavy atom. The van der Waals surface area contributed by atoms with Crippen LogP contribution in [0.1, 0.15) is 25.1 Å². The fourth-order valence-electron chi connectivity index (χ4n) is 2.17. The van der Waals surface area contributed by atoms with Crippen LogP contribution in [-0.2, 0) is 12.5 Å². The van der Waals surface area contributed by atoms with Gasteiger partial charge in [0.25, 0.3) is 0 Å². The molecule has 2 aromatic rings. The third kappa shape index (κ3) is 2.36. The summed E-state index contributed by atoms with van der Waals surface area (Å²) in [4.78, 5) is 12.1. The van der Waals surface area contributed by atoms with Gasteiger partial charge in [0.2, 0.25) is 0 Å². The molecule has 0 radical (unpaired) electrons. The Kier molecular flexibility index (Phi) is 3.37. The summed E-state index contributed by atoms with van der Waals surface area (Å²) < 4.78 is 3.25. The summed E-state index contributed by atoms with van der Waals surface area (Å²) in [6.07, 6.45) is 1.81. The van der Waals surface area contributed by atoms with E-state index in [2.05, 4.69) is 0 Å². The topological polar surface area (TPSA) is 47.2 Å². The van der Waals surface area contributed by atoms with E-state index in [1.54, 1.807) is 16.2 Å². The van der Waals surface area contributed by atoms with Gasteiger partial charge < -0.3 is 9.67 Å². The lowest BCUT2D eigenvalue weighted by atomic mass is 9.85. The van der Waals surface area contributed by atoms with Gasteiger partial charge >= 0.3 is 5.69 Å². The fraction of sp³-hybridized carbons (Fsp3) is 0.400. The van der Waals surface area contributed by atoms with E-state index >= 15 is 0 Å². The average molecular weight is 260 g/mol. The molecule has 0 spiro atoms. The Labute approximate surface area is 112 Å². The lowest BCUT2D eigenvalue weighted by Gasteiger charge is -2.23. The minimum absolute atomic E-state index is 0.0588. The van der Waals surface area contributed by atoms with Gasteiger partial charge in [0.05, 0.1) is 12.3 Å². The summed E-state index contributed by atoms with van der Waals surface area (Å²) in [6.45, 7) is 5.93. The van der Waals surface area contributed by atoms with Gasteiger partial charge in [-0.25, -0.2) is 4.79 Å².